The Kier molecular flexibility index (Phi) is 9.09. The van der Waals surface area contributed by atoms with Crippen molar-refractivity contribution in [3.63, 3.8) is 0 Å². The van der Waals surface area contributed by atoms with E-state index < -0.39 is 71.7 Å². The summed E-state index contributed by atoms with van der Waals surface area (Å²) in [7, 11) is 0. The van der Waals surface area contributed by atoms with Gasteiger partial charge in [-0.25, -0.2) is 0 Å². The summed E-state index contributed by atoms with van der Waals surface area (Å²) in [6.07, 6.45) is -5.87. The molecule has 14 heteroatoms. The van der Waals surface area contributed by atoms with Gasteiger partial charge in [-0.3, -0.25) is 24.0 Å². The average Bonchev–Trinajstić information content (AvgIpc) is 2.56. The summed E-state index contributed by atoms with van der Waals surface area (Å²) in [5, 5.41) is 4.18. The highest BCUT2D eigenvalue weighted by atomic mass is 79.9. The summed E-state index contributed by atoms with van der Waals surface area (Å²) in [6, 6.07) is -1.43. The van der Waals surface area contributed by atoms with Crippen molar-refractivity contribution in [1.29, 1.82) is 0 Å². The number of rotatable bonds is 7. The predicted octanol–water partition coefficient (Wildman–Crippen LogP) is -0.254. The molecular formula is C16H21BrF2N2O9. The van der Waals surface area contributed by atoms with Gasteiger partial charge < -0.3 is 29.6 Å². The number of alkyl halides is 3. The standard InChI is InChI=1S/C16H21BrF2N2O9/c1-6(22)20-11-13(29-9(4)25)12(28-8(3)24)10(5-27-7(2)23)30-14(11)21-15(26)16(17,18)19/h10-14H,5H2,1-4H3,(H,20,22)(H,21,26)/t10-,11-,12-,13-,14-/m1/s1. The van der Waals surface area contributed by atoms with E-state index >= 15 is 0 Å². The molecule has 1 aliphatic heterocycles. The van der Waals surface area contributed by atoms with Gasteiger partial charge in [-0.1, -0.05) is 0 Å². The largest absolute Gasteiger partial charge is 0.463 e. The molecule has 0 radical (unpaired) electrons. The van der Waals surface area contributed by atoms with Crippen LogP contribution in [-0.2, 0) is 42.9 Å². The zero-order valence-electron chi connectivity index (χ0n) is 16.4. The van der Waals surface area contributed by atoms with Crippen LogP contribution in [0, 0.1) is 0 Å². The van der Waals surface area contributed by atoms with Crippen molar-refractivity contribution in [2.45, 2.75) is 63.1 Å². The molecule has 2 N–H and O–H groups in total. The molecule has 0 bridgehead atoms. The normalized spacial score (nSPS) is 26.2. The quantitative estimate of drug-likeness (QED) is 0.273. The number of esters is 3. The fraction of sp³-hybridized carbons (Fsp3) is 0.688. The molecule has 1 rings (SSSR count). The van der Waals surface area contributed by atoms with Crippen molar-refractivity contribution in [1.82, 2.24) is 10.6 Å². The van der Waals surface area contributed by atoms with Gasteiger partial charge in [-0.15, -0.1) is 0 Å². The highest BCUT2D eigenvalue weighted by Crippen LogP contribution is 2.28. The van der Waals surface area contributed by atoms with E-state index in [0.29, 0.717) is 0 Å². The van der Waals surface area contributed by atoms with E-state index in [1.165, 1.54) is 0 Å². The molecule has 2 amide bonds. The lowest BCUT2D eigenvalue weighted by Crippen LogP contribution is -2.70. The minimum absolute atomic E-state index is 0.533. The van der Waals surface area contributed by atoms with Gasteiger partial charge in [0.25, 0.3) is 0 Å². The number of ether oxygens (including phenoxy) is 4. The molecule has 11 nitrogen and oxygen atoms in total. The van der Waals surface area contributed by atoms with E-state index in [-0.39, 0.29) is 0 Å². The summed E-state index contributed by atoms with van der Waals surface area (Å²) in [5.74, 6) is -4.94. The van der Waals surface area contributed by atoms with Crippen molar-refractivity contribution in [3.8, 4) is 0 Å². The Bertz CT molecular complexity index is 701. The van der Waals surface area contributed by atoms with Crippen LogP contribution in [0.15, 0.2) is 0 Å². The van der Waals surface area contributed by atoms with Crippen molar-refractivity contribution >= 4 is 45.7 Å². The first-order chi connectivity index (χ1) is 13.7. The van der Waals surface area contributed by atoms with E-state index in [4.69, 9.17) is 18.9 Å². The molecule has 0 aromatic heterocycles. The van der Waals surface area contributed by atoms with Gasteiger partial charge in [0, 0.05) is 43.6 Å². The van der Waals surface area contributed by atoms with E-state index in [0.717, 1.165) is 27.7 Å². The second-order valence-electron chi connectivity index (χ2n) is 6.24. The molecule has 1 aliphatic rings. The third-order valence-corrected chi connectivity index (χ3v) is 4.01. The summed E-state index contributed by atoms with van der Waals surface area (Å²) < 4.78 is 47.2. The Balaban J connectivity index is 3.37. The first-order valence-electron chi connectivity index (χ1n) is 8.50. The molecule has 170 valence electrons. The van der Waals surface area contributed by atoms with Crippen molar-refractivity contribution in [2.24, 2.45) is 0 Å². The van der Waals surface area contributed by atoms with Crippen LogP contribution >= 0.6 is 15.9 Å². The van der Waals surface area contributed by atoms with Gasteiger partial charge in [0.05, 0.1) is 0 Å². The first kappa shape index (κ1) is 25.7. The number of carbonyl (C=O) groups excluding carboxylic acids is 5. The van der Waals surface area contributed by atoms with Gasteiger partial charge in [-0.05, 0) is 0 Å². The molecule has 1 fully saturated rings. The van der Waals surface area contributed by atoms with Crippen LogP contribution < -0.4 is 10.6 Å². The molecule has 1 saturated heterocycles. The zero-order valence-corrected chi connectivity index (χ0v) is 18.0. The molecule has 0 unspecified atom stereocenters. The molecule has 0 aromatic carbocycles. The van der Waals surface area contributed by atoms with Crippen molar-refractivity contribution in [3.05, 3.63) is 0 Å². The van der Waals surface area contributed by atoms with Crippen LogP contribution in [0.4, 0.5) is 8.78 Å². The van der Waals surface area contributed by atoms with Crippen LogP contribution in [-0.4, -0.2) is 71.7 Å². The predicted molar refractivity (Wildman–Crippen MR) is 96.0 cm³/mol. The summed E-state index contributed by atoms with van der Waals surface area (Å²) in [6.45, 7) is 3.69. The van der Waals surface area contributed by atoms with Crippen molar-refractivity contribution < 1.29 is 51.7 Å². The minimum Gasteiger partial charge on any atom is -0.463 e. The second-order valence-corrected chi connectivity index (χ2v) is 7.24. The molecule has 1 heterocycles. The fourth-order valence-corrected chi connectivity index (χ4v) is 2.78. The van der Waals surface area contributed by atoms with Gasteiger partial charge in [-0.2, -0.15) is 8.78 Å². The lowest BCUT2D eigenvalue weighted by molar-refractivity contribution is -0.228. The van der Waals surface area contributed by atoms with Gasteiger partial charge >= 0.3 is 28.6 Å². The molecule has 30 heavy (non-hydrogen) atoms. The Morgan fingerprint density at radius 2 is 1.47 bits per heavy atom. The average molecular weight is 503 g/mol. The maximum atomic E-state index is 13.3. The smallest absolute Gasteiger partial charge is 0.377 e. The number of carbonyl (C=O) groups is 5. The lowest BCUT2D eigenvalue weighted by Gasteiger charge is -2.45. The molecule has 0 aliphatic carbocycles. The Morgan fingerprint density at radius 1 is 0.933 bits per heavy atom. The van der Waals surface area contributed by atoms with Crippen LogP contribution in [0.2, 0.25) is 0 Å². The molecule has 0 saturated carbocycles. The van der Waals surface area contributed by atoms with E-state index in [1.807, 2.05) is 21.2 Å². The van der Waals surface area contributed by atoms with E-state index in [1.54, 1.807) is 0 Å². The van der Waals surface area contributed by atoms with Crippen molar-refractivity contribution in [2.75, 3.05) is 6.61 Å². The Morgan fingerprint density at radius 3 is 1.90 bits per heavy atom. The van der Waals surface area contributed by atoms with Crippen LogP contribution in [0.25, 0.3) is 0 Å². The first-order valence-corrected chi connectivity index (χ1v) is 9.29. The summed E-state index contributed by atoms with van der Waals surface area (Å²) in [4.78, 5) is 53.8. The maximum Gasteiger partial charge on any atom is 0.377 e. The van der Waals surface area contributed by atoms with Crippen LogP contribution in [0.5, 0.6) is 0 Å². The minimum atomic E-state index is -3.98. The lowest BCUT2D eigenvalue weighted by atomic mass is 9.95. The maximum absolute atomic E-state index is 13.3. The highest BCUT2D eigenvalue weighted by Gasteiger charge is 2.52. The number of amides is 2. The highest BCUT2D eigenvalue weighted by molar-refractivity contribution is 9.10. The number of hydrogen-bond acceptors (Lipinski definition) is 9. The third kappa shape index (κ3) is 7.82. The third-order valence-electron chi connectivity index (χ3n) is 3.65. The summed E-state index contributed by atoms with van der Waals surface area (Å²) >= 11 is 1.89. The number of halogens is 3. The molecule has 0 spiro atoms. The summed E-state index contributed by atoms with van der Waals surface area (Å²) in [5.41, 5.74) is 0. The van der Waals surface area contributed by atoms with Gasteiger partial charge in [0.2, 0.25) is 5.91 Å². The number of nitrogens with one attached hydrogen (secondary N) is 2. The monoisotopic (exact) mass is 502 g/mol. The van der Waals surface area contributed by atoms with Crippen LogP contribution in [0.3, 0.4) is 0 Å². The molecular weight excluding hydrogens is 482 g/mol. The van der Waals surface area contributed by atoms with Gasteiger partial charge in [0.15, 0.2) is 18.4 Å². The van der Waals surface area contributed by atoms with E-state index in [2.05, 4.69) is 5.32 Å². The molecule has 5 atom stereocenters. The number of hydrogen-bond donors (Lipinski definition) is 2. The van der Waals surface area contributed by atoms with Gasteiger partial charge in [0.1, 0.15) is 18.8 Å². The second kappa shape index (κ2) is 10.6. The topological polar surface area (TPSA) is 146 Å². The zero-order chi connectivity index (χ0) is 23.2. The van der Waals surface area contributed by atoms with E-state index in [9.17, 15) is 32.8 Å². The van der Waals surface area contributed by atoms with Crippen LogP contribution in [0.1, 0.15) is 27.7 Å². The fourth-order valence-electron chi connectivity index (χ4n) is 2.67. The Hall–Kier alpha value is -2.35. The SMILES string of the molecule is CC(=O)N[C@@H]1[C@@H](OC(C)=O)[C@H](OC(C)=O)[C@@H](COC(C)=O)O[C@H]1NC(=O)C(F)(F)Br. The molecule has 0 aromatic rings. The Labute approximate surface area is 178 Å².